The van der Waals surface area contributed by atoms with E-state index in [1.165, 1.54) is 0 Å². The van der Waals surface area contributed by atoms with Gasteiger partial charge < -0.3 is 9.05 Å². The van der Waals surface area contributed by atoms with Crippen LogP contribution in [0.25, 0.3) is 0 Å². The van der Waals surface area contributed by atoms with Gasteiger partial charge in [-0.05, 0) is 0 Å². The normalized spacial score (nSPS) is 15.2. The van der Waals surface area contributed by atoms with Gasteiger partial charge in [-0.3, -0.25) is 0 Å². The van der Waals surface area contributed by atoms with E-state index in [-0.39, 0.29) is 0 Å². The summed E-state index contributed by atoms with van der Waals surface area (Å²) in [5.41, 5.74) is -1.63. The van der Waals surface area contributed by atoms with Crippen LogP contribution in [0.4, 0.5) is 52.7 Å². The summed E-state index contributed by atoms with van der Waals surface area (Å²) >= 11 is 0. The topological polar surface area (TPSA) is 18.5 Å². The van der Waals surface area contributed by atoms with Crippen molar-refractivity contribution in [1.29, 1.82) is 0 Å². The number of hydrogen-bond donors (Lipinski definition) is 0. The molecule has 146 valence electrons. The van der Waals surface area contributed by atoms with E-state index in [4.69, 9.17) is 0 Å². The van der Waals surface area contributed by atoms with Gasteiger partial charge in [-0.15, -0.1) is 0 Å². The molecular weight excluding hydrogens is 399 g/mol. The molecule has 0 amide bonds. The van der Waals surface area contributed by atoms with Gasteiger partial charge in [0.25, 0.3) is 12.2 Å². The van der Waals surface area contributed by atoms with Gasteiger partial charge in [0, 0.05) is 5.66 Å². The Morgan fingerprint density at radius 3 is 0.875 bits per heavy atom. The Kier molecular flexibility index (Phi) is 7.25. The van der Waals surface area contributed by atoms with E-state index in [0.717, 1.165) is 13.8 Å². The van der Waals surface area contributed by atoms with Gasteiger partial charge in [-0.2, -0.15) is 52.7 Å². The third-order valence-corrected chi connectivity index (χ3v) is 3.71. The van der Waals surface area contributed by atoms with Gasteiger partial charge >= 0.3 is 24.7 Å². The lowest BCUT2D eigenvalue weighted by Gasteiger charge is -2.32. The Balaban J connectivity index is 5.58. The Morgan fingerprint density at radius 2 is 0.750 bits per heavy atom. The zero-order chi connectivity index (χ0) is 19.7. The molecule has 0 aromatic rings. The smallest absolute Gasteiger partial charge is 0.311 e. The van der Waals surface area contributed by atoms with Gasteiger partial charge in [0.15, 0.2) is 8.38 Å². The third-order valence-electron chi connectivity index (χ3n) is 2.03. The van der Waals surface area contributed by atoms with Gasteiger partial charge in [0.1, 0.15) is 0 Å². The SMILES string of the molecule is CC(C)P(OC(C(F)(F)F)C(F)(F)F)OC(C(F)(F)F)C(F)(F)F. The van der Waals surface area contributed by atoms with Gasteiger partial charge in [-0.25, -0.2) is 0 Å². The molecule has 0 unspecified atom stereocenters. The van der Waals surface area contributed by atoms with Gasteiger partial charge in [-0.1, -0.05) is 13.8 Å². The Bertz CT molecular complexity index is 333. The summed E-state index contributed by atoms with van der Waals surface area (Å²) in [7, 11) is -3.84. The predicted molar refractivity (Wildman–Crippen MR) is 56.0 cm³/mol. The molecule has 0 atom stereocenters. The van der Waals surface area contributed by atoms with Crippen molar-refractivity contribution in [2.24, 2.45) is 0 Å². The molecule has 0 heterocycles. The van der Waals surface area contributed by atoms with E-state index in [9.17, 15) is 52.7 Å². The molecule has 0 bridgehead atoms. The van der Waals surface area contributed by atoms with E-state index in [2.05, 4.69) is 9.05 Å². The first-order valence-electron chi connectivity index (χ1n) is 5.67. The van der Waals surface area contributed by atoms with Gasteiger partial charge in [0.2, 0.25) is 0 Å². The molecule has 24 heavy (non-hydrogen) atoms. The van der Waals surface area contributed by atoms with Crippen molar-refractivity contribution in [1.82, 2.24) is 0 Å². The molecule has 0 aromatic carbocycles. The Labute approximate surface area is 128 Å². The number of rotatable bonds is 5. The monoisotopic (exact) mass is 408 g/mol. The minimum absolute atomic E-state index is 0.749. The highest BCUT2D eigenvalue weighted by Gasteiger charge is 2.62. The lowest BCUT2D eigenvalue weighted by atomic mass is 10.3. The maximum absolute atomic E-state index is 12.3. The molecule has 0 rings (SSSR count). The van der Waals surface area contributed by atoms with Crippen molar-refractivity contribution >= 4 is 8.38 Å². The first-order chi connectivity index (χ1) is 10.3. The summed E-state index contributed by atoms with van der Waals surface area (Å²) in [6.45, 7) is 1.50. The average Bonchev–Trinajstić information content (AvgIpc) is 2.20. The standard InChI is InChI=1S/C9H9F12O2P/c1-3(2)24(22-4(6(10,11)12)7(13,14)15)23-5(8(16,17)18)9(19,20)21/h3-5H,1-2H3. The molecule has 0 fully saturated rings. The first-order valence-corrected chi connectivity index (χ1v) is 6.92. The Hall–Kier alpha value is -0.490. The van der Waals surface area contributed by atoms with Crippen LogP contribution in [0, 0.1) is 0 Å². The highest BCUT2D eigenvalue weighted by Crippen LogP contribution is 2.54. The molecule has 0 aliphatic rings. The quantitative estimate of drug-likeness (QED) is 0.428. The second-order valence-corrected chi connectivity index (χ2v) is 6.54. The molecule has 0 aromatic heterocycles. The molecule has 0 aliphatic carbocycles. The van der Waals surface area contributed by atoms with Crippen LogP contribution < -0.4 is 0 Å². The van der Waals surface area contributed by atoms with E-state index in [0.29, 0.717) is 0 Å². The molecule has 0 spiro atoms. The lowest BCUT2D eigenvalue weighted by Crippen LogP contribution is -2.46. The molecule has 0 aliphatic heterocycles. The maximum Gasteiger partial charge on any atom is 0.424 e. The summed E-state index contributed by atoms with van der Waals surface area (Å²) in [6, 6.07) is 0. The van der Waals surface area contributed by atoms with Crippen LogP contribution in [0.5, 0.6) is 0 Å². The van der Waals surface area contributed by atoms with Crippen molar-refractivity contribution < 1.29 is 61.7 Å². The van der Waals surface area contributed by atoms with E-state index < -0.39 is 50.9 Å². The fraction of sp³-hybridized carbons (Fsp3) is 1.00. The van der Waals surface area contributed by atoms with E-state index in [1.807, 2.05) is 0 Å². The zero-order valence-electron chi connectivity index (χ0n) is 11.5. The number of alkyl halides is 12. The van der Waals surface area contributed by atoms with Crippen molar-refractivity contribution in [2.75, 3.05) is 0 Å². The molecule has 2 nitrogen and oxygen atoms in total. The summed E-state index contributed by atoms with van der Waals surface area (Å²) in [5.74, 6) is 0. The third kappa shape index (κ3) is 7.18. The molecule has 0 saturated heterocycles. The summed E-state index contributed by atoms with van der Waals surface area (Å²) in [6.07, 6.45) is -33.6. The summed E-state index contributed by atoms with van der Waals surface area (Å²) < 4.78 is 155. The fourth-order valence-corrected chi connectivity index (χ4v) is 2.52. The second kappa shape index (κ2) is 7.40. The van der Waals surface area contributed by atoms with Crippen LogP contribution in [-0.4, -0.2) is 42.6 Å². The van der Waals surface area contributed by atoms with Gasteiger partial charge in [0.05, 0.1) is 0 Å². The fourth-order valence-electron chi connectivity index (χ4n) is 1.09. The van der Waals surface area contributed by atoms with Crippen LogP contribution in [0.3, 0.4) is 0 Å². The molecule has 0 radical (unpaired) electrons. The second-order valence-electron chi connectivity index (χ2n) is 4.52. The van der Waals surface area contributed by atoms with Crippen LogP contribution in [-0.2, 0) is 9.05 Å². The minimum Gasteiger partial charge on any atom is -0.311 e. The molecule has 0 saturated carbocycles. The van der Waals surface area contributed by atoms with Crippen LogP contribution in [0.2, 0.25) is 0 Å². The Morgan fingerprint density at radius 1 is 0.542 bits per heavy atom. The largest absolute Gasteiger partial charge is 0.424 e. The zero-order valence-corrected chi connectivity index (χ0v) is 12.4. The lowest BCUT2D eigenvalue weighted by molar-refractivity contribution is -0.311. The molecule has 15 heteroatoms. The maximum atomic E-state index is 12.3. The highest BCUT2D eigenvalue weighted by molar-refractivity contribution is 7.48. The van der Waals surface area contributed by atoms with Crippen molar-refractivity contribution in [3.8, 4) is 0 Å². The predicted octanol–water partition coefficient (Wildman–Crippen LogP) is 5.73. The average molecular weight is 408 g/mol. The highest BCUT2D eigenvalue weighted by atomic mass is 31.2. The molecular formula is C9H9F12O2P. The van der Waals surface area contributed by atoms with Crippen LogP contribution >= 0.6 is 8.38 Å². The molecule has 0 N–H and O–H groups in total. The summed E-state index contributed by atoms with van der Waals surface area (Å²) in [5, 5.41) is 0. The summed E-state index contributed by atoms with van der Waals surface area (Å²) in [4.78, 5) is 0. The first kappa shape index (κ1) is 23.5. The number of hydrogen-bond acceptors (Lipinski definition) is 2. The minimum atomic E-state index is -6.11. The van der Waals surface area contributed by atoms with Crippen molar-refractivity contribution in [3.05, 3.63) is 0 Å². The van der Waals surface area contributed by atoms with Crippen molar-refractivity contribution in [3.63, 3.8) is 0 Å². The van der Waals surface area contributed by atoms with E-state index >= 15 is 0 Å². The van der Waals surface area contributed by atoms with Crippen molar-refractivity contribution in [2.45, 2.75) is 56.4 Å². The number of halogens is 12. The van der Waals surface area contributed by atoms with Crippen LogP contribution in [0.1, 0.15) is 13.8 Å². The van der Waals surface area contributed by atoms with Crippen LogP contribution in [0.15, 0.2) is 0 Å². The van der Waals surface area contributed by atoms with E-state index in [1.54, 1.807) is 0 Å².